The number of hydrogen-bond donors (Lipinski definition) is 2. The Labute approximate surface area is 90.8 Å². The summed E-state index contributed by atoms with van der Waals surface area (Å²) in [5, 5.41) is 5.05. The standard InChI is InChI=1S/C10H18N2O2S/c11-15(13,14)12-10-5-6-4-9(10)8-3-1-2-7(6)8/h6-10,12H,1-5H2,(H2,11,13,14). The lowest BCUT2D eigenvalue weighted by Crippen LogP contribution is -2.45. The van der Waals surface area contributed by atoms with Crippen LogP contribution >= 0.6 is 0 Å². The van der Waals surface area contributed by atoms with Crippen LogP contribution in [0.1, 0.15) is 32.1 Å². The van der Waals surface area contributed by atoms with E-state index in [0.29, 0.717) is 5.92 Å². The van der Waals surface area contributed by atoms with Gasteiger partial charge in [0, 0.05) is 6.04 Å². The highest BCUT2D eigenvalue weighted by Crippen LogP contribution is 2.58. The SMILES string of the molecule is NS(=O)(=O)NC1CC2CC1C1CCCC21. The highest BCUT2D eigenvalue weighted by Gasteiger charge is 2.54. The normalized spacial score (nSPS) is 48.5. The molecule has 5 atom stereocenters. The van der Waals surface area contributed by atoms with Crippen LogP contribution in [0.4, 0.5) is 0 Å². The first kappa shape index (κ1) is 10.1. The van der Waals surface area contributed by atoms with Crippen molar-refractivity contribution in [3.05, 3.63) is 0 Å². The Morgan fingerprint density at radius 1 is 1.07 bits per heavy atom. The monoisotopic (exact) mass is 230 g/mol. The third-order valence-electron chi connectivity index (χ3n) is 4.74. The maximum Gasteiger partial charge on any atom is 0.274 e. The first-order valence-corrected chi connectivity index (χ1v) is 7.39. The van der Waals surface area contributed by atoms with Crippen LogP contribution in [0.25, 0.3) is 0 Å². The van der Waals surface area contributed by atoms with Gasteiger partial charge in [0.25, 0.3) is 10.2 Å². The predicted octanol–water partition coefficient (Wildman–Crippen LogP) is 0.604. The van der Waals surface area contributed by atoms with Gasteiger partial charge < -0.3 is 0 Å². The van der Waals surface area contributed by atoms with Gasteiger partial charge in [0.2, 0.25) is 0 Å². The molecule has 0 aromatic carbocycles. The topological polar surface area (TPSA) is 72.2 Å². The number of fused-ring (bicyclic) bond motifs is 5. The lowest BCUT2D eigenvalue weighted by atomic mass is 9.79. The number of rotatable bonds is 2. The molecule has 0 amide bonds. The van der Waals surface area contributed by atoms with Crippen molar-refractivity contribution in [1.82, 2.24) is 4.72 Å². The van der Waals surface area contributed by atoms with Crippen molar-refractivity contribution >= 4 is 10.2 Å². The molecule has 4 nitrogen and oxygen atoms in total. The predicted molar refractivity (Wildman–Crippen MR) is 57.1 cm³/mol. The van der Waals surface area contributed by atoms with Crippen molar-refractivity contribution in [2.75, 3.05) is 0 Å². The minimum absolute atomic E-state index is 0.129. The average Bonchev–Trinajstić information content (AvgIpc) is 2.66. The quantitative estimate of drug-likeness (QED) is 0.729. The van der Waals surface area contributed by atoms with Crippen molar-refractivity contribution in [2.24, 2.45) is 28.8 Å². The lowest BCUT2D eigenvalue weighted by molar-refractivity contribution is 0.224. The Bertz CT molecular complexity index is 368. The van der Waals surface area contributed by atoms with Crippen LogP contribution in [0.3, 0.4) is 0 Å². The fraction of sp³-hybridized carbons (Fsp3) is 1.00. The van der Waals surface area contributed by atoms with Gasteiger partial charge in [-0.1, -0.05) is 6.42 Å². The van der Waals surface area contributed by atoms with E-state index in [-0.39, 0.29) is 6.04 Å². The lowest BCUT2D eigenvalue weighted by Gasteiger charge is -2.31. The van der Waals surface area contributed by atoms with Crippen LogP contribution in [0.5, 0.6) is 0 Å². The van der Waals surface area contributed by atoms with Crippen LogP contribution in [0.2, 0.25) is 0 Å². The van der Waals surface area contributed by atoms with Gasteiger partial charge in [-0.25, -0.2) is 5.14 Å². The summed E-state index contributed by atoms with van der Waals surface area (Å²) >= 11 is 0. The minimum atomic E-state index is -3.51. The van der Waals surface area contributed by atoms with E-state index in [2.05, 4.69) is 4.72 Å². The number of nitrogens with two attached hydrogens (primary N) is 1. The maximum atomic E-state index is 11.0. The molecule has 3 rings (SSSR count). The number of nitrogens with one attached hydrogen (secondary N) is 1. The van der Waals surface area contributed by atoms with Gasteiger partial charge in [-0.2, -0.15) is 13.1 Å². The third kappa shape index (κ3) is 1.61. The van der Waals surface area contributed by atoms with E-state index in [4.69, 9.17) is 5.14 Å². The fourth-order valence-electron chi connectivity index (χ4n) is 4.41. The van der Waals surface area contributed by atoms with E-state index >= 15 is 0 Å². The molecule has 0 aromatic heterocycles. The first-order valence-electron chi connectivity index (χ1n) is 5.84. The molecule has 0 aromatic rings. The Morgan fingerprint density at radius 3 is 2.53 bits per heavy atom. The van der Waals surface area contributed by atoms with Crippen molar-refractivity contribution in [1.29, 1.82) is 0 Å². The summed E-state index contributed by atoms with van der Waals surface area (Å²) in [6.45, 7) is 0. The highest BCUT2D eigenvalue weighted by molar-refractivity contribution is 7.87. The Balaban J connectivity index is 1.76. The largest absolute Gasteiger partial charge is 0.274 e. The molecule has 0 saturated heterocycles. The van der Waals surface area contributed by atoms with Crippen molar-refractivity contribution in [3.63, 3.8) is 0 Å². The zero-order valence-corrected chi connectivity index (χ0v) is 9.54. The van der Waals surface area contributed by atoms with Crippen molar-refractivity contribution < 1.29 is 8.42 Å². The molecule has 0 heterocycles. The maximum absolute atomic E-state index is 11.0. The van der Waals surface area contributed by atoms with Gasteiger partial charge in [-0.3, -0.25) is 0 Å². The molecule has 15 heavy (non-hydrogen) atoms. The van der Waals surface area contributed by atoms with E-state index < -0.39 is 10.2 Å². The zero-order valence-electron chi connectivity index (χ0n) is 8.72. The molecule has 0 radical (unpaired) electrons. The van der Waals surface area contributed by atoms with Gasteiger partial charge in [0.05, 0.1) is 0 Å². The molecule has 3 fully saturated rings. The van der Waals surface area contributed by atoms with Gasteiger partial charge in [-0.05, 0) is 49.4 Å². The van der Waals surface area contributed by atoms with E-state index in [1.54, 1.807) is 0 Å². The summed E-state index contributed by atoms with van der Waals surface area (Å²) in [6, 6.07) is 0.129. The van der Waals surface area contributed by atoms with E-state index in [9.17, 15) is 8.42 Å². The fourth-order valence-corrected chi connectivity index (χ4v) is 5.11. The second-order valence-electron chi connectivity index (χ2n) is 5.42. The molecule has 3 aliphatic rings. The summed E-state index contributed by atoms with van der Waals surface area (Å²) in [4.78, 5) is 0. The van der Waals surface area contributed by atoms with Crippen LogP contribution < -0.4 is 9.86 Å². The second kappa shape index (κ2) is 3.18. The zero-order chi connectivity index (χ0) is 10.6. The Hall–Kier alpha value is -0.130. The summed E-state index contributed by atoms with van der Waals surface area (Å²) in [5.74, 6) is 3.01. The average molecular weight is 230 g/mol. The molecular weight excluding hydrogens is 212 g/mol. The van der Waals surface area contributed by atoms with Gasteiger partial charge >= 0.3 is 0 Å². The molecule has 3 aliphatic carbocycles. The van der Waals surface area contributed by atoms with Gasteiger partial charge in [0.1, 0.15) is 0 Å². The second-order valence-corrected chi connectivity index (χ2v) is 6.75. The van der Waals surface area contributed by atoms with Crippen molar-refractivity contribution in [2.45, 2.75) is 38.1 Å². The van der Waals surface area contributed by atoms with Crippen LogP contribution in [-0.4, -0.2) is 14.5 Å². The Kier molecular flexibility index (Phi) is 2.13. The van der Waals surface area contributed by atoms with Gasteiger partial charge in [0.15, 0.2) is 0 Å². The molecular formula is C10H18N2O2S. The first-order chi connectivity index (χ1) is 7.04. The summed E-state index contributed by atoms with van der Waals surface area (Å²) < 4.78 is 24.7. The Morgan fingerprint density at radius 2 is 1.80 bits per heavy atom. The van der Waals surface area contributed by atoms with Crippen LogP contribution in [0, 0.1) is 23.7 Å². The molecule has 3 N–H and O–H groups in total. The van der Waals surface area contributed by atoms with E-state index in [1.807, 2.05) is 0 Å². The molecule has 2 bridgehead atoms. The third-order valence-corrected chi connectivity index (χ3v) is 5.38. The van der Waals surface area contributed by atoms with Crippen molar-refractivity contribution in [3.8, 4) is 0 Å². The van der Waals surface area contributed by atoms with Crippen LogP contribution in [-0.2, 0) is 10.2 Å². The van der Waals surface area contributed by atoms with Gasteiger partial charge in [-0.15, -0.1) is 0 Å². The molecule has 5 unspecified atom stereocenters. The van der Waals surface area contributed by atoms with Crippen LogP contribution in [0.15, 0.2) is 0 Å². The molecule has 0 spiro atoms. The van der Waals surface area contributed by atoms with E-state index in [0.717, 1.165) is 24.2 Å². The summed E-state index contributed by atoms with van der Waals surface area (Å²) in [6.07, 6.45) is 6.25. The number of hydrogen-bond acceptors (Lipinski definition) is 2. The van der Waals surface area contributed by atoms with E-state index in [1.165, 1.54) is 25.7 Å². The molecule has 86 valence electrons. The molecule has 0 aliphatic heterocycles. The minimum Gasteiger partial charge on any atom is -0.216 e. The summed E-state index contributed by atoms with van der Waals surface area (Å²) in [7, 11) is -3.51. The highest BCUT2D eigenvalue weighted by atomic mass is 32.2. The summed E-state index contributed by atoms with van der Waals surface area (Å²) in [5.41, 5.74) is 0. The molecule has 3 saturated carbocycles. The molecule has 5 heteroatoms. The smallest absolute Gasteiger partial charge is 0.216 e.